The van der Waals surface area contributed by atoms with Crippen LogP contribution in [0.5, 0.6) is 0 Å². The Morgan fingerprint density at radius 3 is 2.91 bits per heavy atom. The number of ether oxygens (including phenoxy) is 1. The molecule has 9 heteroatoms. The molecule has 3 aromatic rings. The van der Waals surface area contributed by atoms with Gasteiger partial charge in [0.25, 0.3) is 11.8 Å². The minimum atomic E-state index is -0.539. The second kappa shape index (κ2) is 8.80. The molecule has 1 atom stereocenters. The van der Waals surface area contributed by atoms with Crippen LogP contribution in [0.15, 0.2) is 53.5 Å². The van der Waals surface area contributed by atoms with Crippen LogP contribution in [0.25, 0.3) is 11.0 Å². The number of imidazole rings is 1. The molecule has 2 aromatic carbocycles. The van der Waals surface area contributed by atoms with Crippen molar-refractivity contribution in [3.63, 3.8) is 0 Å². The first-order chi connectivity index (χ1) is 16.0. The molecule has 0 aliphatic carbocycles. The predicted octanol–water partition coefficient (Wildman–Crippen LogP) is 3.37. The summed E-state index contributed by atoms with van der Waals surface area (Å²) in [4.78, 5) is 39.5. The van der Waals surface area contributed by atoms with Gasteiger partial charge in [0.05, 0.1) is 29.9 Å². The topological polar surface area (TPSA) is 99.7 Å². The number of anilines is 1. The number of rotatable bonds is 5. The van der Waals surface area contributed by atoms with Crippen molar-refractivity contribution in [3.8, 4) is 0 Å². The predicted molar refractivity (Wildman–Crippen MR) is 127 cm³/mol. The van der Waals surface area contributed by atoms with Crippen LogP contribution in [0.4, 0.5) is 5.69 Å². The summed E-state index contributed by atoms with van der Waals surface area (Å²) in [6, 6.07) is 10.2. The third-order valence-corrected chi connectivity index (χ3v) is 5.95. The van der Waals surface area contributed by atoms with E-state index in [1.807, 2.05) is 25.1 Å². The van der Waals surface area contributed by atoms with E-state index in [1.165, 1.54) is 0 Å². The van der Waals surface area contributed by atoms with Crippen molar-refractivity contribution in [2.45, 2.75) is 13.0 Å². The van der Waals surface area contributed by atoms with Crippen molar-refractivity contribution in [1.29, 1.82) is 0 Å². The van der Waals surface area contributed by atoms with Crippen molar-refractivity contribution in [2.75, 3.05) is 31.2 Å². The van der Waals surface area contributed by atoms with Gasteiger partial charge in [-0.05, 0) is 55.0 Å². The van der Waals surface area contributed by atoms with Crippen LogP contribution in [0.3, 0.4) is 0 Å². The van der Waals surface area contributed by atoms with Gasteiger partial charge in [0.15, 0.2) is 0 Å². The third kappa shape index (κ3) is 4.27. The average molecular weight is 464 g/mol. The highest BCUT2D eigenvalue weighted by Gasteiger charge is 2.26. The Hall–Kier alpha value is -3.49. The number of aromatic nitrogens is 2. The van der Waals surface area contributed by atoms with Crippen LogP contribution in [0, 0.1) is 6.92 Å². The maximum atomic E-state index is 13.2. The van der Waals surface area contributed by atoms with Crippen LogP contribution in [-0.4, -0.2) is 53.8 Å². The Kier molecular flexibility index (Phi) is 5.70. The number of carbonyl (C=O) groups excluding carboxylic acids is 2. The fourth-order valence-electron chi connectivity index (χ4n) is 4.08. The highest BCUT2D eigenvalue weighted by molar-refractivity contribution is 6.31. The highest BCUT2D eigenvalue weighted by Crippen LogP contribution is 2.25. The molecular formula is C24H22ClN5O3. The zero-order chi connectivity index (χ0) is 22.9. The Balaban J connectivity index is 1.42. The van der Waals surface area contributed by atoms with Crippen molar-refractivity contribution < 1.29 is 14.3 Å². The van der Waals surface area contributed by atoms with E-state index in [2.05, 4.69) is 20.3 Å². The molecule has 2 N–H and O–H groups in total. The number of amides is 2. The van der Waals surface area contributed by atoms with Gasteiger partial charge in [-0.3, -0.25) is 14.6 Å². The first-order valence-corrected chi connectivity index (χ1v) is 11.0. The molecular weight excluding hydrogens is 442 g/mol. The van der Waals surface area contributed by atoms with E-state index >= 15 is 0 Å². The van der Waals surface area contributed by atoms with E-state index in [1.54, 1.807) is 35.2 Å². The number of nitrogens with zero attached hydrogens (tertiary/aromatic N) is 3. The average Bonchev–Trinajstić information content (AvgIpc) is 3.47. The van der Waals surface area contributed by atoms with Gasteiger partial charge in [-0.15, -0.1) is 0 Å². The molecule has 0 spiro atoms. The van der Waals surface area contributed by atoms with Crippen LogP contribution in [-0.2, 0) is 9.53 Å². The summed E-state index contributed by atoms with van der Waals surface area (Å²) >= 11 is 6.11. The summed E-state index contributed by atoms with van der Waals surface area (Å²) in [6.07, 6.45) is 3.83. The number of aryl methyl sites for hydroxylation is 1. The maximum Gasteiger partial charge on any atom is 0.253 e. The number of morpholine rings is 1. The van der Waals surface area contributed by atoms with E-state index in [4.69, 9.17) is 16.3 Å². The number of hydrogen-bond acceptors (Lipinski definition) is 5. The molecule has 8 nitrogen and oxygen atoms in total. The van der Waals surface area contributed by atoms with Gasteiger partial charge in [0.1, 0.15) is 18.5 Å². The number of fused-ring (bicyclic) bond motifs is 1. The van der Waals surface area contributed by atoms with Crippen molar-refractivity contribution in [3.05, 3.63) is 70.5 Å². The lowest BCUT2D eigenvalue weighted by Crippen LogP contribution is -2.42. The molecule has 2 aliphatic rings. The van der Waals surface area contributed by atoms with Gasteiger partial charge in [-0.1, -0.05) is 17.7 Å². The molecule has 1 unspecified atom stereocenters. The highest BCUT2D eigenvalue weighted by atomic mass is 35.5. The van der Waals surface area contributed by atoms with Crippen molar-refractivity contribution in [2.24, 2.45) is 4.99 Å². The van der Waals surface area contributed by atoms with Crippen molar-refractivity contribution in [1.82, 2.24) is 15.3 Å². The quantitative estimate of drug-likeness (QED) is 0.606. The van der Waals surface area contributed by atoms with Gasteiger partial charge in [-0.25, -0.2) is 4.98 Å². The number of hydrogen-bond donors (Lipinski definition) is 2. The van der Waals surface area contributed by atoms with E-state index in [9.17, 15) is 9.59 Å². The first kappa shape index (κ1) is 21.4. The summed E-state index contributed by atoms with van der Waals surface area (Å²) in [5, 5.41) is 3.66. The number of carbonyl (C=O) groups is 2. The first-order valence-electron chi connectivity index (χ1n) is 10.7. The second-order valence-electron chi connectivity index (χ2n) is 7.96. The molecule has 2 aliphatic heterocycles. The normalized spacial score (nSPS) is 16.8. The molecule has 1 fully saturated rings. The zero-order valence-corrected chi connectivity index (χ0v) is 18.7. The molecule has 0 radical (unpaired) electrons. The number of aliphatic imine (C=N–C) groups is 1. The van der Waals surface area contributed by atoms with Gasteiger partial charge in [-0.2, -0.15) is 0 Å². The number of aromatic amines is 1. The number of nitrogens with one attached hydrogen (secondary N) is 2. The molecule has 0 bridgehead atoms. The van der Waals surface area contributed by atoms with Gasteiger partial charge in [0.2, 0.25) is 0 Å². The summed E-state index contributed by atoms with van der Waals surface area (Å²) < 4.78 is 5.21. The fourth-order valence-corrected chi connectivity index (χ4v) is 4.25. The molecule has 2 amide bonds. The minimum absolute atomic E-state index is 0.0711. The standard InChI is InChI=1S/C24H22ClN5O3/c1-14-11-15(4-7-20(14)30-9-10-33-13-21(30)31)24(32)29-22(18-3-2-8-26-18)23-27-17-6-5-16(25)12-19(17)28-23/h2-7,11-12,22H,8-10,13H2,1H3,(H,27,28)(H,29,32). The van der Waals surface area contributed by atoms with Gasteiger partial charge >= 0.3 is 0 Å². The van der Waals surface area contributed by atoms with Crippen LogP contribution in [0.2, 0.25) is 5.02 Å². The van der Waals surface area contributed by atoms with E-state index in [0.29, 0.717) is 36.1 Å². The Bertz CT molecular complexity index is 1310. The summed E-state index contributed by atoms with van der Waals surface area (Å²) in [7, 11) is 0. The molecule has 1 saturated heterocycles. The number of benzene rings is 2. The van der Waals surface area contributed by atoms with Crippen molar-refractivity contribution >= 4 is 45.8 Å². The van der Waals surface area contributed by atoms with E-state index in [0.717, 1.165) is 28.0 Å². The minimum Gasteiger partial charge on any atom is -0.370 e. The molecule has 3 heterocycles. The maximum absolute atomic E-state index is 13.2. The lowest BCUT2D eigenvalue weighted by Gasteiger charge is -2.28. The molecule has 33 heavy (non-hydrogen) atoms. The summed E-state index contributed by atoms with van der Waals surface area (Å²) in [6.45, 7) is 3.51. The molecule has 1 aromatic heterocycles. The van der Waals surface area contributed by atoms with Gasteiger partial charge < -0.3 is 19.9 Å². The lowest BCUT2D eigenvalue weighted by atomic mass is 10.1. The SMILES string of the molecule is Cc1cc(C(=O)NC(C2=NCC=C2)c2nc3ccc(Cl)cc3[nH]2)ccc1N1CCOCC1=O. The summed E-state index contributed by atoms with van der Waals surface area (Å²) in [5.74, 6) is 0.236. The van der Waals surface area contributed by atoms with Crippen LogP contribution in [0.1, 0.15) is 27.8 Å². The van der Waals surface area contributed by atoms with Crippen LogP contribution >= 0.6 is 11.6 Å². The van der Waals surface area contributed by atoms with E-state index < -0.39 is 6.04 Å². The van der Waals surface area contributed by atoms with Crippen LogP contribution < -0.4 is 10.2 Å². The number of halogens is 1. The number of H-pyrrole nitrogens is 1. The second-order valence-corrected chi connectivity index (χ2v) is 8.39. The largest absolute Gasteiger partial charge is 0.370 e. The fraction of sp³-hybridized carbons (Fsp3) is 0.250. The monoisotopic (exact) mass is 463 g/mol. The Morgan fingerprint density at radius 2 is 2.15 bits per heavy atom. The smallest absolute Gasteiger partial charge is 0.253 e. The third-order valence-electron chi connectivity index (χ3n) is 5.71. The molecule has 5 rings (SSSR count). The van der Waals surface area contributed by atoms with Gasteiger partial charge in [0, 0.05) is 22.8 Å². The Labute approximate surface area is 195 Å². The lowest BCUT2D eigenvalue weighted by molar-refractivity contribution is -0.125. The zero-order valence-electron chi connectivity index (χ0n) is 18.0. The van der Waals surface area contributed by atoms with E-state index in [-0.39, 0.29) is 18.4 Å². The molecule has 0 saturated carbocycles. The molecule has 168 valence electrons. The Morgan fingerprint density at radius 1 is 1.27 bits per heavy atom. The summed E-state index contributed by atoms with van der Waals surface area (Å²) in [5.41, 5.74) is 4.38.